The minimum Gasteiger partial charge on any atom is -0.463 e. The maximum absolute atomic E-state index is 11.7. The van der Waals surface area contributed by atoms with Crippen LogP contribution in [0.15, 0.2) is 0 Å². The number of carbonyl (C=O) groups excluding carboxylic acids is 4. The van der Waals surface area contributed by atoms with Gasteiger partial charge in [0, 0.05) is 27.7 Å². The fourth-order valence-electron chi connectivity index (χ4n) is 2.54. The summed E-state index contributed by atoms with van der Waals surface area (Å²) < 4.78 is 32.0. The van der Waals surface area contributed by atoms with E-state index in [0.717, 1.165) is 20.8 Å². The molecule has 0 bridgehead atoms. The minimum absolute atomic E-state index is 0.0840. The first-order valence-electron chi connectivity index (χ1n) is 8.59. The first-order valence-corrected chi connectivity index (χ1v) is 9.71. The third-order valence-electron chi connectivity index (χ3n) is 3.46. The van der Waals surface area contributed by atoms with E-state index in [-0.39, 0.29) is 13.2 Å². The van der Waals surface area contributed by atoms with Crippen LogP contribution in [-0.2, 0) is 47.6 Å². The SMILES string of the molecule is CC(=O)OC[C@H]1O[C@@H](OCC#CCBr)[C@H](OC(C)=O)[C@@H](OC(C)=O)[C@@H]1OC(C)=O. The second-order valence-electron chi connectivity index (χ2n) is 5.87. The Hall–Kier alpha value is -2.16. The summed E-state index contributed by atoms with van der Waals surface area (Å²) in [6.07, 6.45) is -5.99. The molecule has 0 aromatic carbocycles. The van der Waals surface area contributed by atoms with Crippen molar-refractivity contribution in [1.82, 2.24) is 0 Å². The zero-order valence-electron chi connectivity index (χ0n) is 16.5. The summed E-state index contributed by atoms with van der Waals surface area (Å²) in [7, 11) is 0. The summed E-state index contributed by atoms with van der Waals surface area (Å²) in [6.45, 7) is 4.23. The molecule has 1 heterocycles. The lowest BCUT2D eigenvalue weighted by molar-refractivity contribution is -0.305. The first-order chi connectivity index (χ1) is 13.6. The van der Waals surface area contributed by atoms with Gasteiger partial charge >= 0.3 is 23.9 Å². The molecule has 0 aliphatic carbocycles. The molecule has 0 aromatic rings. The zero-order valence-corrected chi connectivity index (χ0v) is 18.1. The van der Waals surface area contributed by atoms with E-state index in [1.54, 1.807) is 0 Å². The van der Waals surface area contributed by atoms with Gasteiger partial charge in [-0.3, -0.25) is 19.2 Å². The summed E-state index contributed by atoms with van der Waals surface area (Å²) >= 11 is 3.15. The van der Waals surface area contributed by atoms with Gasteiger partial charge in [0.05, 0.1) is 5.33 Å². The molecule has 1 aliphatic heterocycles. The van der Waals surface area contributed by atoms with Crippen LogP contribution in [0.4, 0.5) is 0 Å². The predicted molar refractivity (Wildman–Crippen MR) is 99.5 cm³/mol. The molecule has 0 unspecified atom stereocenters. The van der Waals surface area contributed by atoms with Crippen molar-refractivity contribution in [3.8, 4) is 11.8 Å². The molecule has 1 rings (SSSR count). The number of hydrogen-bond acceptors (Lipinski definition) is 10. The van der Waals surface area contributed by atoms with E-state index < -0.39 is 54.6 Å². The molecule has 10 nitrogen and oxygen atoms in total. The third kappa shape index (κ3) is 8.81. The van der Waals surface area contributed by atoms with Gasteiger partial charge in [0.15, 0.2) is 24.6 Å². The number of carbonyl (C=O) groups is 4. The highest BCUT2D eigenvalue weighted by atomic mass is 79.9. The smallest absolute Gasteiger partial charge is 0.303 e. The van der Waals surface area contributed by atoms with Crippen molar-refractivity contribution >= 4 is 39.8 Å². The lowest BCUT2D eigenvalue weighted by Gasteiger charge is -2.43. The van der Waals surface area contributed by atoms with Gasteiger partial charge in [-0.1, -0.05) is 27.8 Å². The quantitative estimate of drug-likeness (QED) is 0.221. The summed E-state index contributed by atoms with van der Waals surface area (Å²) in [5, 5.41) is 0.426. The standard InChI is InChI=1S/C18H23BrO10/c1-10(20)25-9-14-15(26-11(2)21)16(27-12(3)22)17(28-13(4)23)18(29-14)24-8-6-5-7-19/h14-18H,7-9H2,1-4H3/t14-,15-,16+,17-,18-/m1/s1. The van der Waals surface area contributed by atoms with Crippen LogP contribution < -0.4 is 0 Å². The van der Waals surface area contributed by atoms with Crippen molar-refractivity contribution in [2.45, 2.75) is 58.4 Å². The normalized spacial score (nSPS) is 25.8. The lowest BCUT2D eigenvalue weighted by Crippen LogP contribution is -2.63. The van der Waals surface area contributed by atoms with Crippen molar-refractivity contribution < 1.29 is 47.6 Å². The molecular weight excluding hydrogens is 456 g/mol. The predicted octanol–water partition coefficient (Wildman–Crippen LogP) is 0.484. The van der Waals surface area contributed by atoms with Crippen LogP contribution in [0, 0.1) is 11.8 Å². The van der Waals surface area contributed by atoms with E-state index in [4.69, 9.17) is 28.4 Å². The van der Waals surface area contributed by atoms with Crippen molar-refractivity contribution in [2.75, 3.05) is 18.5 Å². The van der Waals surface area contributed by atoms with Gasteiger partial charge in [0.25, 0.3) is 0 Å². The summed E-state index contributed by atoms with van der Waals surface area (Å²) in [4.78, 5) is 46.1. The molecule has 11 heteroatoms. The summed E-state index contributed by atoms with van der Waals surface area (Å²) in [6, 6.07) is 0. The Morgan fingerprint density at radius 1 is 0.828 bits per heavy atom. The lowest BCUT2D eigenvalue weighted by atomic mass is 9.98. The number of hydrogen-bond donors (Lipinski definition) is 0. The van der Waals surface area contributed by atoms with E-state index in [1.807, 2.05) is 0 Å². The molecule has 162 valence electrons. The molecule has 0 spiro atoms. The van der Waals surface area contributed by atoms with Gasteiger partial charge in [0.1, 0.15) is 19.3 Å². The second-order valence-corrected chi connectivity index (χ2v) is 6.43. The van der Waals surface area contributed by atoms with Gasteiger partial charge in [-0.15, -0.1) is 0 Å². The molecule has 0 saturated carbocycles. The van der Waals surface area contributed by atoms with Crippen LogP contribution in [0.3, 0.4) is 0 Å². The van der Waals surface area contributed by atoms with Gasteiger partial charge in [-0.2, -0.15) is 0 Å². The van der Waals surface area contributed by atoms with Crippen LogP contribution in [0.2, 0.25) is 0 Å². The number of ether oxygens (including phenoxy) is 6. The van der Waals surface area contributed by atoms with E-state index in [2.05, 4.69) is 27.8 Å². The molecule has 5 atom stereocenters. The van der Waals surface area contributed by atoms with Gasteiger partial charge in [-0.25, -0.2) is 0 Å². The largest absolute Gasteiger partial charge is 0.463 e. The fourth-order valence-corrected chi connectivity index (χ4v) is 2.74. The molecule has 0 N–H and O–H groups in total. The van der Waals surface area contributed by atoms with Crippen LogP contribution >= 0.6 is 15.9 Å². The molecule has 1 saturated heterocycles. The molecule has 29 heavy (non-hydrogen) atoms. The van der Waals surface area contributed by atoms with E-state index in [0.29, 0.717) is 5.33 Å². The highest BCUT2D eigenvalue weighted by molar-refractivity contribution is 9.09. The van der Waals surface area contributed by atoms with Crippen LogP contribution in [0.25, 0.3) is 0 Å². The number of alkyl halides is 1. The number of esters is 4. The van der Waals surface area contributed by atoms with E-state index in [9.17, 15) is 19.2 Å². The Morgan fingerprint density at radius 2 is 1.38 bits per heavy atom. The average molecular weight is 479 g/mol. The Bertz CT molecular complexity index is 667. The number of halogens is 1. The van der Waals surface area contributed by atoms with Crippen LogP contribution in [0.5, 0.6) is 0 Å². The average Bonchev–Trinajstić information content (AvgIpc) is 2.60. The maximum Gasteiger partial charge on any atom is 0.303 e. The Kier molecular flexibility index (Phi) is 10.6. The topological polar surface area (TPSA) is 124 Å². The second kappa shape index (κ2) is 12.4. The van der Waals surface area contributed by atoms with Crippen LogP contribution in [0.1, 0.15) is 27.7 Å². The van der Waals surface area contributed by atoms with E-state index in [1.165, 1.54) is 6.92 Å². The third-order valence-corrected chi connectivity index (χ3v) is 3.74. The van der Waals surface area contributed by atoms with Crippen molar-refractivity contribution in [3.05, 3.63) is 0 Å². The van der Waals surface area contributed by atoms with Gasteiger partial charge < -0.3 is 28.4 Å². The Balaban J connectivity index is 3.24. The molecule has 1 fully saturated rings. The molecule has 0 aromatic heterocycles. The van der Waals surface area contributed by atoms with Crippen molar-refractivity contribution in [2.24, 2.45) is 0 Å². The monoisotopic (exact) mass is 478 g/mol. The Labute approximate surface area is 176 Å². The van der Waals surface area contributed by atoms with Gasteiger partial charge in [-0.05, 0) is 0 Å². The number of rotatable bonds is 7. The van der Waals surface area contributed by atoms with Crippen LogP contribution in [-0.4, -0.2) is 73.1 Å². The maximum atomic E-state index is 11.7. The van der Waals surface area contributed by atoms with Crippen molar-refractivity contribution in [3.63, 3.8) is 0 Å². The zero-order chi connectivity index (χ0) is 22.0. The molecule has 0 amide bonds. The highest BCUT2D eigenvalue weighted by Crippen LogP contribution is 2.29. The van der Waals surface area contributed by atoms with E-state index >= 15 is 0 Å². The minimum atomic E-state index is -1.26. The van der Waals surface area contributed by atoms with Gasteiger partial charge in [0.2, 0.25) is 0 Å². The summed E-state index contributed by atoms with van der Waals surface area (Å²) in [5.74, 6) is 2.72. The van der Waals surface area contributed by atoms with Crippen molar-refractivity contribution in [1.29, 1.82) is 0 Å². The highest BCUT2D eigenvalue weighted by Gasteiger charge is 2.52. The first kappa shape index (κ1) is 24.9. The molecule has 1 aliphatic rings. The fraction of sp³-hybridized carbons (Fsp3) is 0.667. The Morgan fingerprint density at radius 3 is 1.90 bits per heavy atom. The molecular formula is C18H23BrO10. The molecule has 0 radical (unpaired) electrons. The summed E-state index contributed by atoms with van der Waals surface area (Å²) in [5.41, 5.74) is 0.